The normalized spacial score (nSPS) is 32.7. The SMILES string of the molecule is C[C@H]1CC/C=C\[C@@H]2C[C@@]2(C(=O)NS(=O)(=O)C2(C)CC2)NC(=O)[C@@H]2C[C@@H](C3COc4cc(C(=O)O)ccc4O3)CN2C(=O)[C@@H](NC(=O)OC(C)(C)C)[C@H](C)C1. The minimum absolute atomic E-state index is 0.0143. The van der Waals surface area contributed by atoms with Gasteiger partial charge in [0.15, 0.2) is 11.5 Å². The van der Waals surface area contributed by atoms with Crippen molar-refractivity contribution in [2.45, 2.75) is 121 Å². The second-order valence-electron chi connectivity index (χ2n) is 17.0. The first-order chi connectivity index (χ1) is 25.2. The lowest BCUT2D eigenvalue weighted by molar-refractivity contribution is -0.142. The van der Waals surface area contributed by atoms with E-state index in [2.05, 4.69) is 22.3 Å². The van der Waals surface area contributed by atoms with Gasteiger partial charge in [-0.2, -0.15) is 0 Å². The lowest BCUT2D eigenvalue weighted by Crippen LogP contribution is -2.59. The number of alkyl carbamates (subject to hydrolysis) is 1. The smallest absolute Gasteiger partial charge is 0.408 e. The lowest BCUT2D eigenvalue weighted by atomic mass is 9.88. The summed E-state index contributed by atoms with van der Waals surface area (Å²) in [6, 6.07) is 2.08. The van der Waals surface area contributed by atoms with Gasteiger partial charge < -0.3 is 34.9 Å². The average Bonchev–Trinajstić information content (AvgIpc) is 3.96. The van der Waals surface area contributed by atoms with Crippen LogP contribution in [0.25, 0.3) is 0 Å². The number of benzene rings is 1. The fourth-order valence-corrected chi connectivity index (χ4v) is 9.05. The summed E-state index contributed by atoms with van der Waals surface area (Å²) in [5.74, 6) is -3.65. The zero-order valence-corrected chi connectivity index (χ0v) is 32.5. The second-order valence-corrected chi connectivity index (χ2v) is 19.2. The number of carboxylic acids is 1. The van der Waals surface area contributed by atoms with Crippen molar-refractivity contribution >= 4 is 39.8 Å². The molecule has 5 aliphatic rings. The maximum Gasteiger partial charge on any atom is 0.408 e. The molecule has 1 saturated heterocycles. The molecular formula is C38H52N4O11S. The number of aromatic carboxylic acids is 1. The van der Waals surface area contributed by atoms with Crippen molar-refractivity contribution in [3.8, 4) is 11.5 Å². The van der Waals surface area contributed by atoms with Crippen LogP contribution in [0.4, 0.5) is 4.79 Å². The first kappa shape index (κ1) is 39.4. The van der Waals surface area contributed by atoms with Crippen molar-refractivity contribution in [2.24, 2.45) is 23.7 Å². The van der Waals surface area contributed by atoms with Crippen LogP contribution in [0, 0.1) is 23.7 Å². The van der Waals surface area contributed by atoms with Crippen LogP contribution in [0.3, 0.4) is 0 Å². The molecule has 2 saturated carbocycles. The number of ether oxygens (including phenoxy) is 3. The maximum atomic E-state index is 14.7. The summed E-state index contributed by atoms with van der Waals surface area (Å²) < 4.78 is 45.3. The van der Waals surface area contributed by atoms with Crippen LogP contribution in [0.5, 0.6) is 11.5 Å². The van der Waals surface area contributed by atoms with Crippen LogP contribution < -0.4 is 24.8 Å². The summed E-state index contributed by atoms with van der Waals surface area (Å²) in [6.07, 6.45) is 5.51. The topological polar surface area (TPSA) is 207 Å². The van der Waals surface area contributed by atoms with E-state index in [1.165, 1.54) is 23.1 Å². The molecule has 1 aromatic carbocycles. The summed E-state index contributed by atoms with van der Waals surface area (Å²) in [6.45, 7) is 10.7. The number of nitrogens with zero attached hydrogens (tertiary/aromatic N) is 1. The van der Waals surface area contributed by atoms with Crippen molar-refractivity contribution in [3.63, 3.8) is 0 Å². The summed E-state index contributed by atoms with van der Waals surface area (Å²) in [4.78, 5) is 69.2. The third kappa shape index (κ3) is 8.18. The number of hydrogen-bond acceptors (Lipinski definition) is 10. The molecule has 4 N–H and O–H groups in total. The number of carbonyl (C=O) groups is 5. The van der Waals surface area contributed by atoms with E-state index in [1.807, 2.05) is 19.1 Å². The highest BCUT2D eigenvalue weighted by Gasteiger charge is 2.63. The number of allylic oxidation sites excluding steroid dienone is 1. The van der Waals surface area contributed by atoms with Crippen LogP contribution >= 0.6 is 0 Å². The fraction of sp³-hybridized carbons (Fsp3) is 0.658. The molecule has 0 aromatic heterocycles. The average molecular weight is 773 g/mol. The molecule has 1 unspecified atom stereocenters. The molecule has 15 nitrogen and oxygen atoms in total. The predicted molar refractivity (Wildman–Crippen MR) is 195 cm³/mol. The highest BCUT2D eigenvalue weighted by Crippen LogP contribution is 2.48. The summed E-state index contributed by atoms with van der Waals surface area (Å²) >= 11 is 0. The molecule has 0 spiro atoms. The maximum absolute atomic E-state index is 14.7. The van der Waals surface area contributed by atoms with Gasteiger partial charge in [0.05, 0.1) is 10.3 Å². The number of sulfonamides is 1. The summed E-state index contributed by atoms with van der Waals surface area (Å²) in [7, 11) is -4.01. The van der Waals surface area contributed by atoms with Gasteiger partial charge >= 0.3 is 12.1 Å². The van der Waals surface area contributed by atoms with Gasteiger partial charge in [-0.3, -0.25) is 19.1 Å². The molecule has 0 bridgehead atoms. The van der Waals surface area contributed by atoms with E-state index < -0.39 is 85.7 Å². The molecule has 2 aliphatic carbocycles. The van der Waals surface area contributed by atoms with Gasteiger partial charge in [-0.1, -0.05) is 26.0 Å². The molecular weight excluding hydrogens is 721 g/mol. The Balaban J connectivity index is 1.32. The van der Waals surface area contributed by atoms with Gasteiger partial charge in [-0.05, 0) is 103 Å². The number of amides is 4. The Hall–Kier alpha value is -4.34. The molecule has 3 fully saturated rings. The van der Waals surface area contributed by atoms with Gasteiger partial charge in [0.25, 0.3) is 5.91 Å². The Morgan fingerprint density at radius 2 is 1.81 bits per heavy atom. The molecule has 16 heteroatoms. The number of carbonyl (C=O) groups excluding carboxylic acids is 4. The van der Waals surface area contributed by atoms with E-state index in [9.17, 15) is 37.5 Å². The Kier molecular flexibility index (Phi) is 10.5. The van der Waals surface area contributed by atoms with E-state index in [0.29, 0.717) is 31.4 Å². The van der Waals surface area contributed by atoms with Gasteiger partial charge in [0.1, 0.15) is 35.9 Å². The molecule has 3 heterocycles. The zero-order chi connectivity index (χ0) is 39.4. The monoisotopic (exact) mass is 772 g/mol. The second kappa shape index (κ2) is 14.4. The van der Waals surface area contributed by atoms with Crippen molar-refractivity contribution in [3.05, 3.63) is 35.9 Å². The molecule has 8 atom stereocenters. The fourth-order valence-electron chi connectivity index (χ4n) is 7.74. The van der Waals surface area contributed by atoms with Crippen molar-refractivity contribution in [2.75, 3.05) is 13.2 Å². The van der Waals surface area contributed by atoms with E-state index >= 15 is 0 Å². The summed E-state index contributed by atoms with van der Waals surface area (Å²) in [5.41, 5.74) is -2.35. The molecule has 54 heavy (non-hydrogen) atoms. The molecule has 3 aliphatic heterocycles. The number of rotatable bonds is 6. The van der Waals surface area contributed by atoms with Crippen molar-refractivity contribution in [1.82, 2.24) is 20.3 Å². The molecule has 0 radical (unpaired) electrons. The van der Waals surface area contributed by atoms with Crippen LogP contribution in [0.15, 0.2) is 30.4 Å². The number of nitrogens with one attached hydrogen (secondary N) is 3. The molecule has 1 aromatic rings. The Labute approximate surface area is 316 Å². The van der Waals surface area contributed by atoms with Crippen molar-refractivity contribution in [1.29, 1.82) is 0 Å². The van der Waals surface area contributed by atoms with Gasteiger partial charge in [0, 0.05) is 18.4 Å². The van der Waals surface area contributed by atoms with E-state index in [0.717, 1.165) is 6.42 Å². The Morgan fingerprint density at radius 3 is 2.48 bits per heavy atom. The third-order valence-corrected chi connectivity index (χ3v) is 13.5. The Bertz CT molecular complexity index is 1840. The first-order valence-electron chi connectivity index (χ1n) is 18.7. The first-order valence-corrected chi connectivity index (χ1v) is 20.2. The largest absolute Gasteiger partial charge is 0.486 e. The summed E-state index contributed by atoms with van der Waals surface area (Å²) in [5, 5.41) is 15.1. The van der Waals surface area contributed by atoms with Crippen LogP contribution in [-0.4, -0.2) is 95.4 Å². The quantitative estimate of drug-likeness (QED) is 0.308. The van der Waals surface area contributed by atoms with Crippen molar-refractivity contribution < 1.29 is 51.7 Å². The van der Waals surface area contributed by atoms with Gasteiger partial charge in [-0.25, -0.2) is 18.0 Å². The minimum Gasteiger partial charge on any atom is -0.486 e. The van der Waals surface area contributed by atoms with Crippen LogP contribution in [0.1, 0.15) is 96.8 Å². The van der Waals surface area contributed by atoms with Gasteiger partial charge in [-0.15, -0.1) is 0 Å². The predicted octanol–water partition coefficient (Wildman–Crippen LogP) is 3.52. The van der Waals surface area contributed by atoms with Crippen LogP contribution in [0.2, 0.25) is 0 Å². The Morgan fingerprint density at radius 1 is 1.09 bits per heavy atom. The number of hydrogen-bond donors (Lipinski definition) is 4. The molecule has 4 amide bonds. The highest BCUT2D eigenvalue weighted by molar-refractivity contribution is 7.91. The number of carboxylic acid groups (broad SMARTS) is 1. The molecule has 296 valence electrons. The highest BCUT2D eigenvalue weighted by atomic mass is 32.2. The van der Waals surface area contributed by atoms with Gasteiger partial charge in [0.2, 0.25) is 21.8 Å². The number of fused-ring (bicyclic) bond motifs is 3. The third-order valence-electron chi connectivity index (χ3n) is 11.4. The van der Waals surface area contributed by atoms with Crippen LogP contribution in [-0.2, 0) is 29.1 Å². The standard InChI is InChI=1S/C38H52N4O11S/c1-21-9-7-8-10-25-18-38(25,34(47)41-54(49,50)37(6)13-14-37)40-31(43)26-16-24(29-20-51-28-17-23(33(45)46)11-12-27(28)52-29)19-42(26)32(44)30(22(2)15-21)39-35(48)53-36(3,4)5/h8,10-12,17,21-22,24-26,29-30H,7,9,13-16,18-20H2,1-6H3,(H,39,48)(H,40,43)(H,41,47)(H,45,46)/b10-8-/t21-,22+,24+,25+,26-,29?,30-,38+/m0/s1. The van der Waals surface area contributed by atoms with E-state index in [4.69, 9.17) is 14.2 Å². The minimum atomic E-state index is -4.01. The lowest BCUT2D eigenvalue weighted by Gasteiger charge is -2.34. The molecule has 6 rings (SSSR count). The zero-order valence-electron chi connectivity index (χ0n) is 31.7. The van der Waals surface area contributed by atoms with E-state index in [-0.39, 0.29) is 49.1 Å². The van der Waals surface area contributed by atoms with E-state index in [1.54, 1.807) is 27.7 Å².